The van der Waals surface area contributed by atoms with Crippen LogP contribution in [0.5, 0.6) is 0 Å². The first-order valence-electron chi connectivity index (χ1n) is 8.63. The first-order chi connectivity index (χ1) is 13.3. The van der Waals surface area contributed by atoms with Crippen molar-refractivity contribution in [3.8, 4) is 0 Å². The molecule has 4 rings (SSSR count). The normalized spacial score (nSPS) is 11.5. The highest BCUT2D eigenvalue weighted by Crippen LogP contribution is 2.26. The van der Waals surface area contributed by atoms with Crippen LogP contribution >= 0.6 is 34.3 Å². The van der Waals surface area contributed by atoms with Gasteiger partial charge in [0.2, 0.25) is 0 Å². The zero-order valence-corrected chi connectivity index (χ0v) is 18.0. The number of benzene rings is 1. The highest BCUT2D eigenvalue weighted by molar-refractivity contribution is 7.13. The Morgan fingerprint density at radius 3 is 1.89 bits per heavy atom. The van der Waals surface area contributed by atoms with Crippen molar-refractivity contribution in [2.45, 2.75) is 33.1 Å². The summed E-state index contributed by atoms with van der Waals surface area (Å²) in [6, 6.07) is 12.1. The van der Waals surface area contributed by atoms with Crippen molar-refractivity contribution in [3.05, 3.63) is 78.1 Å². The van der Waals surface area contributed by atoms with Crippen LogP contribution in [0.1, 0.15) is 47.3 Å². The van der Waals surface area contributed by atoms with Crippen molar-refractivity contribution in [2.75, 3.05) is 0 Å². The second-order valence-corrected chi connectivity index (χ2v) is 8.75. The van der Waals surface area contributed by atoms with E-state index in [1.54, 1.807) is 35.6 Å². The monoisotopic (exact) mass is 436 g/mol. The van der Waals surface area contributed by atoms with Crippen LogP contribution in [-0.4, -0.2) is 22.2 Å². The fraction of sp³-hybridized carbons (Fsp3) is 0.238. The van der Waals surface area contributed by atoms with Crippen LogP contribution in [0.25, 0.3) is 0 Å². The molecular formula is C21H21ClO4S2. The molecule has 0 radical (unpaired) electrons. The number of hydrogen-bond acceptors (Lipinski definition) is 4. The van der Waals surface area contributed by atoms with Crippen molar-refractivity contribution in [3.63, 3.8) is 0 Å². The maximum absolute atomic E-state index is 10.4. The minimum atomic E-state index is -0.955. The maximum Gasteiger partial charge on any atom is 0.347 e. The van der Waals surface area contributed by atoms with Crippen LogP contribution in [0.15, 0.2) is 41.8 Å². The molecule has 2 heterocycles. The van der Waals surface area contributed by atoms with E-state index < -0.39 is 11.9 Å². The molecule has 0 spiro atoms. The predicted molar refractivity (Wildman–Crippen MR) is 116 cm³/mol. The summed E-state index contributed by atoms with van der Waals surface area (Å²) in [7, 11) is 0. The summed E-state index contributed by atoms with van der Waals surface area (Å²) in [4.78, 5) is 22.3. The second-order valence-electron chi connectivity index (χ2n) is 6.20. The molecule has 0 bridgehead atoms. The summed E-state index contributed by atoms with van der Waals surface area (Å²) < 4.78 is 0. The van der Waals surface area contributed by atoms with Gasteiger partial charge in [-0.1, -0.05) is 35.9 Å². The largest absolute Gasteiger partial charge is 0.477 e. The van der Waals surface area contributed by atoms with Gasteiger partial charge in [0.05, 0.1) is 5.02 Å². The lowest BCUT2D eigenvalue weighted by molar-refractivity contribution is 0.0691. The van der Waals surface area contributed by atoms with Gasteiger partial charge in [-0.05, 0) is 67.3 Å². The highest BCUT2D eigenvalue weighted by Gasteiger charge is 2.12. The number of aryl methyl sites for hydroxylation is 4. The molecule has 0 aliphatic heterocycles. The first kappa shape index (κ1) is 22.1. The number of halogens is 1. The van der Waals surface area contributed by atoms with Crippen LogP contribution < -0.4 is 0 Å². The van der Waals surface area contributed by atoms with Gasteiger partial charge in [-0.3, -0.25) is 0 Å². The lowest BCUT2D eigenvalue weighted by Gasteiger charge is -1.93. The highest BCUT2D eigenvalue weighted by atomic mass is 35.5. The third-order valence-corrected chi connectivity index (χ3v) is 6.73. The molecular weight excluding hydrogens is 416 g/mol. The first-order valence-corrected chi connectivity index (χ1v) is 10.7. The third kappa shape index (κ3) is 6.19. The minimum absolute atomic E-state index is 0.221. The summed E-state index contributed by atoms with van der Waals surface area (Å²) in [5, 5.41) is 19.0. The number of thiophene rings is 2. The number of rotatable bonds is 2. The average molecular weight is 437 g/mol. The molecule has 28 heavy (non-hydrogen) atoms. The molecule has 2 N–H and O–H groups in total. The van der Waals surface area contributed by atoms with E-state index >= 15 is 0 Å². The lowest BCUT2D eigenvalue weighted by atomic mass is 10.1. The zero-order chi connectivity index (χ0) is 20.7. The van der Waals surface area contributed by atoms with Crippen molar-refractivity contribution in [1.82, 2.24) is 0 Å². The maximum atomic E-state index is 10.4. The molecule has 0 amide bonds. The molecule has 0 fully saturated rings. The molecule has 0 unspecified atom stereocenters. The van der Waals surface area contributed by atoms with Crippen LogP contribution in [0.4, 0.5) is 0 Å². The minimum Gasteiger partial charge on any atom is -0.477 e. The molecule has 3 aromatic rings. The zero-order valence-electron chi connectivity index (χ0n) is 15.6. The molecule has 0 atom stereocenters. The van der Waals surface area contributed by atoms with Crippen LogP contribution in [0.3, 0.4) is 0 Å². The van der Waals surface area contributed by atoms with Gasteiger partial charge in [0, 0.05) is 4.88 Å². The predicted octanol–water partition coefficient (Wildman–Crippen LogP) is 6.34. The van der Waals surface area contributed by atoms with Gasteiger partial charge >= 0.3 is 11.9 Å². The van der Waals surface area contributed by atoms with Crippen LogP contribution in [0, 0.1) is 13.8 Å². The van der Waals surface area contributed by atoms with Gasteiger partial charge in [-0.15, -0.1) is 22.7 Å². The van der Waals surface area contributed by atoms with Gasteiger partial charge in [0.25, 0.3) is 0 Å². The summed E-state index contributed by atoms with van der Waals surface area (Å²) in [5.74, 6) is -1.80. The summed E-state index contributed by atoms with van der Waals surface area (Å²) in [6.07, 6.45) is 3.96. The molecule has 1 aliphatic carbocycles. The van der Waals surface area contributed by atoms with Gasteiger partial charge in [0.1, 0.15) is 9.75 Å². The van der Waals surface area contributed by atoms with E-state index in [9.17, 15) is 9.59 Å². The van der Waals surface area contributed by atoms with Crippen LogP contribution in [-0.2, 0) is 12.8 Å². The standard InChI is InChI=1S/C9H10.C6H5ClO2S.C6H6O2S/c1-2-5-9-7-3-6-8(9)4-1;1-3-2-10-5(4(3)7)6(8)9;1-4-2-3-5(9-4)6(7)8/h1-2,4-5H,3,6-7H2;2H,1H3,(H,8,9);2-3H,1H3,(H,7,8). The average Bonchev–Trinajstić information content (AvgIpc) is 3.37. The Balaban J connectivity index is 0.000000150. The number of carboxylic acid groups (broad SMARTS) is 2. The number of aromatic carboxylic acids is 2. The fourth-order valence-electron chi connectivity index (χ4n) is 2.64. The van der Waals surface area contributed by atoms with Gasteiger partial charge in [0.15, 0.2) is 0 Å². The Hall–Kier alpha value is -2.15. The number of carboxylic acids is 2. The lowest BCUT2D eigenvalue weighted by Crippen LogP contribution is -1.91. The Morgan fingerprint density at radius 2 is 1.57 bits per heavy atom. The van der Waals surface area contributed by atoms with Gasteiger partial charge in [-0.2, -0.15) is 0 Å². The molecule has 1 aromatic carbocycles. The Bertz CT molecular complexity index is 936. The van der Waals surface area contributed by atoms with E-state index in [1.807, 2.05) is 6.92 Å². The third-order valence-electron chi connectivity index (χ3n) is 4.06. The summed E-state index contributed by atoms with van der Waals surface area (Å²) in [5.41, 5.74) is 3.96. The second kappa shape index (κ2) is 10.4. The smallest absolute Gasteiger partial charge is 0.347 e. The number of carbonyl (C=O) groups is 2. The van der Waals surface area contributed by atoms with Crippen molar-refractivity contribution >= 4 is 46.2 Å². The van der Waals surface area contributed by atoms with Crippen LogP contribution in [0.2, 0.25) is 5.02 Å². The Morgan fingerprint density at radius 1 is 0.964 bits per heavy atom. The van der Waals surface area contributed by atoms with Crippen molar-refractivity contribution in [1.29, 1.82) is 0 Å². The molecule has 148 valence electrons. The SMILES string of the molecule is Cc1ccc(C(=O)O)s1.Cc1csc(C(=O)O)c1Cl.c1ccc2c(c1)CCC2. The molecule has 0 saturated carbocycles. The van der Waals surface area contributed by atoms with E-state index in [2.05, 4.69) is 24.3 Å². The van der Waals surface area contributed by atoms with Crippen molar-refractivity contribution < 1.29 is 19.8 Å². The molecule has 4 nitrogen and oxygen atoms in total. The molecule has 7 heteroatoms. The van der Waals surface area contributed by atoms with Gasteiger partial charge in [-0.25, -0.2) is 9.59 Å². The van der Waals surface area contributed by atoms with E-state index in [-0.39, 0.29) is 4.88 Å². The Kier molecular flexibility index (Phi) is 8.23. The summed E-state index contributed by atoms with van der Waals surface area (Å²) >= 11 is 8.08. The van der Waals surface area contributed by atoms with Gasteiger partial charge < -0.3 is 10.2 Å². The fourth-order valence-corrected chi connectivity index (χ4v) is 4.46. The summed E-state index contributed by atoms with van der Waals surface area (Å²) in [6.45, 7) is 3.67. The quantitative estimate of drug-likeness (QED) is 0.491. The number of fused-ring (bicyclic) bond motifs is 1. The van der Waals surface area contributed by atoms with E-state index in [0.29, 0.717) is 9.90 Å². The Labute approximate surface area is 177 Å². The topological polar surface area (TPSA) is 74.6 Å². The molecule has 0 saturated heterocycles. The molecule has 1 aliphatic rings. The number of hydrogen-bond donors (Lipinski definition) is 2. The van der Waals surface area contributed by atoms with E-state index in [0.717, 1.165) is 21.8 Å². The van der Waals surface area contributed by atoms with E-state index in [4.69, 9.17) is 21.8 Å². The van der Waals surface area contributed by atoms with Crippen molar-refractivity contribution in [2.24, 2.45) is 0 Å². The molecule has 2 aromatic heterocycles. The van der Waals surface area contributed by atoms with E-state index in [1.165, 1.54) is 30.6 Å².